The summed E-state index contributed by atoms with van der Waals surface area (Å²) in [6.07, 6.45) is 1.18. The van der Waals surface area contributed by atoms with Gasteiger partial charge < -0.3 is 10.1 Å². The molecule has 3 aromatic rings. The Morgan fingerprint density at radius 3 is 2.88 bits per heavy atom. The van der Waals surface area contributed by atoms with E-state index in [9.17, 15) is 9.59 Å². The number of aromatic nitrogens is 3. The first kappa shape index (κ1) is 9.59. The highest BCUT2D eigenvalue weighted by Gasteiger charge is 2.15. The van der Waals surface area contributed by atoms with E-state index >= 15 is 0 Å². The van der Waals surface area contributed by atoms with Gasteiger partial charge in [0.2, 0.25) is 0 Å². The number of nitrogens with zero attached hydrogens (tertiary/aromatic N) is 2. The van der Waals surface area contributed by atoms with Gasteiger partial charge in [0.25, 0.3) is 0 Å². The third-order valence-electron chi connectivity index (χ3n) is 2.62. The summed E-state index contributed by atoms with van der Waals surface area (Å²) in [5, 5.41) is 13.5. The molecule has 3 rings (SSSR count). The molecule has 6 heteroatoms. The summed E-state index contributed by atoms with van der Waals surface area (Å²) < 4.78 is 1.06. The maximum Gasteiger partial charge on any atom is 0.347 e. The number of aromatic amines is 1. The van der Waals surface area contributed by atoms with E-state index in [-0.39, 0.29) is 5.56 Å². The first-order chi connectivity index (χ1) is 8.18. The van der Waals surface area contributed by atoms with Crippen molar-refractivity contribution in [3.05, 3.63) is 46.5 Å². The van der Waals surface area contributed by atoms with E-state index in [0.29, 0.717) is 16.4 Å². The molecule has 0 spiro atoms. The quantitative estimate of drug-likeness (QED) is 0.648. The minimum absolute atomic E-state index is 0.0206. The fourth-order valence-corrected chi connectivity index (χ4v) is 1.88. The van der Waals surface area contributed by atoms with E-state index in [1.807, 2.05) is 0 Å². The van der Waals surface area contributed by atoms with E-state index in [4.69, 9.17) is 5.11 Å². The lowest BCUT2D eigenvalue weighted by molar-refractivity contribution is 0.0699. The van der Waals surface area contributed by atoms with Crippen molar-refractivity contribution in [2.24, 2.45) is 0 Å². The average molecular weight is 229 g/mol. The zero-order chi connectivity index (χ0) is 12.0. The van der Waals surface area contributed by atoms with Gasteiger partial charge in [-0.25, -0.2) is 9.59 Å². The van der Waals surface area contributed by atoms with Gasteiger partial charge in [0.15, 0.2) is 0 Å². The van der Waals surface area contributed by atoms with Gasteiger partial charge in [-0.05, 0) is 6.07 Å². The lowest BCUT2D eigenvalue weighted by Gasteiger charge is -2.00. The molecule has 0 aliphatic carbocycles. The number of carboxylic acid groups (broad SMARTS) is 1. The van der Waals surface area contributed by atoms with Crippen LogP contribution in [0.4, 0.5) is 0 Å². The van der Waals surface area contributed by atoms with Gasteiger partial charge in [-0.15, -0.1) is 0 Å². The smallest absolute Gasteiger partial charge is 0.347 e. The predicted molar refractivity (Wildman–Crippen MR) is 60.3 cm³/mol. The Hall–Kier alpha value is -2.63. The molecule has 0 saturated heterocycles. The van der Waals surface area contributed by atoms with Crippen molar-refractivity contribution in [1.29, 1.82) is 0 Å². The van der Waals surface area contributed by atoms with Crippen molar-refractivity contribution in [1.82, 2.24) is 14.6 Å². The molecule has 0 fully saturated rings. The molecule has 0 saturated carbocycles. The van der Waals surface area contributed by atoms with Crippen LogP contribution in [-0.2, 0) is 0 Å². The number of carboxylic acids is 1. The van der Waals surface area contributed by atoms with Crippen molar-refractivity contribution >= 4 is 22.4 Å². The number of carbonyl (C=O) groups is 1. The van der Waals surface area contributed by atoms with Gasteiger partial charge in [-0.1, -0.05) is 18.2 Å². The second kappa shape index (κ2) is 3.18. The summed E-state index contributed by atoms with van der Waals surface area (Å²) in [6, 6.07) is 7.01. The highest BCUT2D eigenvalue weighted by molar-refractivity contribution is 6.05. The molecular weight excluding hydrogens is 222 g/mol. The summed E-state index contributed by atoms with van der Waals surface area (Å²) >= 11 is 0. The molecule has 0 atom stereocenters. The van der Waals surface area contributed by atoms with Gasteiger partial charge in [0.05, 0.1) is 17.2 Å². The number of hydrogen-bond acceptors (Lipinski definition) is 3. The summed E-state index contributed by atoms with van der Waals surface area (Å²) in [7, 11) is 0. The second-order valence-corrected chi connectivity index (χ2v) is 3.60. The van der Waals surface area contributed by atoms with Crippen LogP contribution in [0.25, 0.3) is 16.4 Å². The molecule has 0 aliphatic rings. The van der Waals surface area contributed by atoms with Crippen molar-refractivity contribution in [3.63, 3.8) is 0 Å². The standard InChI is InChI=1S/C11H7N3O3/c15-10(16)7-5-12-14-9(7)6-3-1-2-4-8(6)13-11(14)17/h1-5H,(H,13,17)(H,15,16). The fraction of sp³-hybridized carbons (Fsp3) is 0. The Kier molecular flexibility index (Phi) is 1.79. The molecule has 1 aromatic carbocycles. The molecule has 84 valence electrons. The van der Waals surface area contributed by atoms with Gasteiger partial charge in [-0.2, -0.15) is 9.61 Å². The van der Waals surface area contributed by atoms with Crippen molar-refractivity contribution in [2.75, 3.05) is 0 Å². The number of para-hydroxylation sites is 1. The van der Waals surface area contributed by atoms with Crippen LogP contribution in [0.5, 0.6) is 0 Å². The summed E-state index contributed by atoms with van der Waals surface area (Å²) in [6.45, 7) is 0. The summed E-state index contributed by atoms with van der Waals surface area (Å²) in [5.41, 5.74) is 0.475. The lowest BCUT2D eigenvalue weighted by atomic mass is 10.1. The third kappa shape index (κ3) is 1.24. The number of aromatic carboxylic acids is 1. The zero-order valence-corrected chi connectivity index (χ0v) is 8.54. The van der Waals surface area contributed by atoms with E-state index in [1.165, 1.54) is 6.20 Å². The molecule has 0 radical (unpaired) electrons. The summed E-state index contributed by atoms with van der Waals surface area (Å²) in [4.78, 5) is 25.4. The van der Waals surface area contributed by atoms with Crippen LogP contribution >= 0.6 is 0 Å². The Morgan fingerprint density at radius 1 is 1.35 bits per heavy atom. The van der Waals surface area contributed by atoms with E-state index in [0.717, 1.165) is 4.52 Å². The topological polar surface area (TPSA) is 87.5 Å². The molecule has 2 N–H and O–H groups in total. The molecule has 0 unspecified atom stereocenters. The van der Waals surface area contributed by atoms with Crippen LogP contribution in [0.1, 0.15) is 10.4 Å². The first-order valence-corrected chi connectivity index (χ1v) is 4.90. The van der Waals surface area contributed by atoms with Crippen molar-refractivity contribution in [2.45, 2.75) is 0 Å². The van der Waals surface area contributed by atoms with Crippen molar-refractivity contribution in [3.8, 4) is 0 Å². The van der Waals surface area contributed by atoms with Crippen LogP contribution in [-0.4, -0.2) is 25.7 Å². The maximum absolute atomic E-state index is 11.7. The van der Waals surface area contributed by atoms with E-state index < -0.39 is 11.7 Å². The Bertz CT molecular complexity index is 800. The fourth-order valence-electron chi connectivity index (χ4n) is 1.88. The number of benzene rings is 1. The summed E-state index contributed by atoms with van der Waals surface area (Å²) in [5.74, 6) is -1.10. The highest BCUT2D eigenvalue weighted by Crippen LogP contribution is 2.19. The van der Waals surface area contributed by atoms with Gasteiger partial charge in [-0.3, -0.25) is 0 Å². The zero-order valence-electron chi connectivity index (χ0n) is 8.54. The molecule has 0 amide bonds. The number of fused-ring (bicyclic) bond motifs is 3. The van der Waals surface area contributed by atoms with Gasteiger partial charge in [0, 0.05) is 5.39 Å². The minimum atomic E-state index is -1.10. The predicted octanol–water partition coefficient (Wildman–Crippen LogP) is 0.874. The molecule has 17 heavy (non-hydrogen) atoms. The van der Waals surface area contributed by atoms with Gasteiger partial charge in [0.1, 0.15) is 5.56 Å². The molecule has 0 aliphatic heterocycles. The Labute approximate surface area is 94.1 Å². The van der Waals surface area contributed by atoms with E-state index in [2.05, 4.69) is 10.1 Å². The van der Waals surface area contributed by atoms with Crippen LogP contribution in [0.3, 0.4) is 0 Å². The molecule has 2 heterocycles. The van der Waals surface area contributed by atoms with Crippen LogP contribution in [0.2, 0.25) is 0 Å². The van der Waals surface area contributed by atoms with Crippen molar-refractivity contribution < 1.29 is 9.90 Å². The number of nitrogens with one attached hydrogen (secondary N) is 1. The number of hydrogen-bond donors (Lipinski definition) is 2. The molecular formula is C11H7N3O3. The molecule has 6 nitrogen and oxygen atoms in total. The Morgan fingerprint density at radius 2 is 2.12 bits per heavy atom. The second-order valence-electron chi connectivity index (χ2n) is 3.60. The third-order valence-corrected chi connectivity index (χ3v) is 2.62. The monoisotopic (exact) mass is 229 g/mol. The van der Waals surface area contributed by atoms with Crippen LogP contribution in [0.15, 0.2) is 35.3 Å². The van der Waals surface area contributed by atoms with Crippen LogP contribution in [0, 0.1) is 0 Å². The van der Waals surface area contributed by atoms with E-state index in [1.54, 1.807) is 24.3 Å². The normalized spacial score (nSPS) is 11.1. The Balaban J connectivity index is 2.65. The molecule has 0 bridgehead atoms. The minimum Gasteiger partial charge on any atom is -0.478 e. The lowest BCUT2D eigenvalue weighted by Crippen LogP contribution is -2.17. The number of H-pyrrole nitrogens is 1. The maximum atomic E-state index is 11.7. The van der Waals surface area contributed by atoms with Gasteiger partial charge >= 0.3 is 11.7 Å². The van der Waals surface area contributed by atoms with Crippen LogP contribution < -0.4 is 5.69 Å². The largest absolute Gasteiger partial charge is 0.478 e. The SMILES string of the molecule is O=C(O)c1cnn2c(=O)[nH]c3ccccc3c12. The molecule has 2 aromatic heterocycles. The highest BCUT2D eigenvalue weighted by atomic mass is 16.4. The number of rotatable bonds is 1. The first-order valence-electron chi connectivity index (χ1n) is 4.90. The average Bonchev–Trinajstić information content (AvgIpc) is 2.74.